The number of carbonyl (C=O) groups is 1. The second kappa shape index (κ2) is 8.11. The fraction of sp³-hybridized carbons (Fsp3) is 0.700. The van der Waals surface area contributed by atoms with Crippen molar-refractivity contribution in [2.75, 3.05) is 13.2 Å². The second-order valence-electron chi connectivity index (χ2n) is 3.20. The van der Waals surface area contributed by atoms with E-state index in [1.54, 1.807) is 13.1 Å². The van der Waals surface area contributed by atoms with Gasteiger partial charge < -0.3 is 15.5 Å². The number of rotatable bonds is 7. The standard InChI is InChI=1S/C10H21N3O2/c1-3-9(11)8-13(12)7-5-6-10(14)15-4-2/h8H,3-7,11-12H2,1-2H3/b9-8-. The highest BCUT2D eigenvalue weighted by atomic mass is 16.5. The Hall–Kier alpha value is -1.23. The minimum Gasteiger partial charge on any atom is -0.466 e. The number of hydrogen-bond donors (Lipinski definition) is 2. The number of ether oxygens (including phenoxy) is 1. The van der Waals surface area contributed by atoms with E-state index < -0.39 is 0 Å². The highest BCUT2D eigenvalue weighted by Gasteiger charge is 2.02. The van der Waals surface area contributed by atoms with Gasteiger partial charge in [-0.25, -0.2) is 5.84 Å². The van der Waals surface area contributed by atoms with Crippen LogP contribution in [0.25, 0.3) is 0 Å². The molecule has 5 nitrogen and oxygen atoms in total. The molecule has 88 valence electrons. The lowest BCUT2D eigenvalue weighted by Crippen LogP contribution is -2.28. The average Bonchev–Trinajstić information content (AvgIpc) is 2.18. The van der Waals surface area contributed by atoms with Gasteiger partial charge in [0.15, 0.2) is 0 Å². The number of allylic oxidation sites excluding steroid dienone is 1. The van der Waals surface area contributed by atoms with E-state index in [-0.39, 0.29) is 5.97 Å². The zero-order valence-electron chi connectivity index (χ0n) is 9.53. The first-order valence-corrected chi connectivity index (χ1v) is 5.23. The minimum atomic E-state index is -0.182. The van der Waals surface area contributed by atoms with Gasteiger partial charge in [-0.15, -0.1) is 0 Å². The molecule has 0 amide bonds. The van der Waals surface area contributed by atoms with Crippen LogP contribution < -0.4 is 11.6 Å². The van der Waals surface area contributed by atoms with Gasteiger partial charge in [0.1, 0.15) is 0 Å². The lowest BCUT2D eigenvalue weighted by atomic mass is 10.3. The molecule has 0 aromatic carbocycles. The molecule has 4 N–H and O–H groups in total. The van der Waals surface area contributed by atoms with Crippen LogP contribution in [0.1, 0.15) is 33.1 Å². The van der Waals surface area contributed by atoms with Gasteiger partial charge in [-0.05, 0) is 19.8 Å². The molecule has 0 rings (SSSR count). The van der Waals surface area contributed by atoms with Crippen LogP contribution in [0.4, 0.5) is 0 Å². The molecule has 0 aliphatic heterocycles. The van der Waals surface area contributed by atoms with Crippen LogP contribution in [-0.2, 0) is 9.53 Å². The van der Waals surface area contributed by atoms with Crippen molar-refractivity contribution < 1.29 is 9.53 Å². The lowest BCUT2D eigenvalue weighted by Gasteiger charge is -2.14. The summed E-state index contributed by atoms with van der Waals surface area (Å²) in [6, 6.07) is 0. The molecule has 0 saturated heterocycles. The predicted molar refractivity (Wildman–Crippen MR) is 59.3 cm³/mol. The van der Waals surface area contributed by atoms with E-state index in [1.165, 1.54) is 5.01 Å². The topological polar surface area (TPSA) is 81.6 Å². The van der Waals surface area contributed by atoms with E-state index in [1.807, 2.05) is 6.92 Å². The van der Waals surface area contributed by atoms with Crippen molar-refractivity contribution in [1.82, 2.24) is 5.01 Å². The summed E-state index contributed by atoms with van der Waals surface area (Å²) >= 11 is 0. The maximum absolute atomic E-state index is 11.0. The first-order chi connectivity index (χ1) is 7.10. The minimum absolute atomic E-state index is 0.182. The van der Waals surface area contributed by atoms with Crippen LogP contribution in [0.15, 0.2) is 11.9 Å². The van der Waals surface area contributed by atoms with Crippen LogP contribution in [0, 0.1) is 0 Å². The average molecular weight is 215 g/mol. The first-order valence-electron chi connectivity index (χ1n) is 5.23. The van der Waals surface area contributed by atoms with E-state index in [4.69, 9.17) is 16.3 Å². The summed E-state index contributed by atoms with van der Waals surface area (Å²) in [7, 11) is 0. The number of carbonyl (C=O) groups excluding carboxylic acids is 1. The summed E-state index contributed by atoms with van der Waals surface area (Å²) in [4.78, 5) is 11.0. The van der Waals surface area contributed by atoms with E-state index in [2.05, 4.69) is 0 Å². The fourth-order valence-corrected chi connectivity index (χ4v) is 1.01. The molecule has 15 heavy (non-hydrogen) atoms. The van der Waals surface area contributed by atoms with Crippen molar-refractivity contribution in [2.24, 2.45) is 11.6 Å². The van der Waals surface area contributed by atoms with Crippen LogP contribution in [0.5, 0.6) is 0 Å². The molecule has 0 spiro atoms. The number of nitrogens with two attached hydrogens (primary N) is 2. The molecule has 5 heteroatoms. The van der Waals surface area contributed by atoms with Gasteiger partial charge in [0.05, 0.1) is 6.61 Å². The maximum atomic E-state index is 11.0. The van der Waals surface area contributed by atoms with Crippen LogP contribution >= 0.6 is 0 Å². The summed E-state index contributed by atoms with van der Waals surface area (Å²) in [5.41, 5.74) is 6.33. The molecule has 0 radical (unpaired) electrons. The number of nitrogens with zero attached hydrogens (tertiary/aromatic N) is 1. The predicted octanol–water partition coefficient (Wildman–Crippen LogP) is 0.715. The monoisotopic (exact) mass is 215 g/mol. The number of hydrazine groups is 1. The van der Waals surface area contributed by atoms with Crippen molar-refractivity contribution in [3.8, 4) is 0 Å². The summed E-state index contributed by atoms with van der Waals surface area (Å²) < 4.78 is 4.79. The number of hydrogen-bond acceptors (Lipinski definition) is 5. The Kier molecular flexibility index (Phi) is 7.44. The normalized spacial score (nSPS) is 11.3. The molecule has 0 unspecified atom stereocenters. The highest BCUT2D eigenvalue weighted by Crippen LogP contribution is 1.97. The molecular formula is C10H21N3O2. The molecule has 0 saturated carbocycles. The van der Waals surface area contributed by atoms with Crippen molar-refractivity contribution in [2.45, 2.75) is 33.1 Å². The van der Waals surface area contributed by atoms with E-state index in [9.17, 15) is 4.79 Å². The molecule has 0 atom stereocenters. The Morgan fingerprint density at radius 3 is 2.67 bits per heavy atom. The fourth-order valence-electron chi connectivity index (χ4n) is 1.01. The third kappa shape index (κ3) is 7.81. The van der Waals surface area contributed by atoms with Crippen molar-refractivity contribution in [1.29, 1.82) is 0 Å². The van der Waals surface area contributed by atoms with Gasteiger partial charge >= 0.3 is 5.97 Å². The van der Waals surface area contributed by atoms with Crippen LogP contribution in [-0.4, -0.2) is 24.1 Å². The van der Waals surface area contributed by atoms with E-state index >= 15 is 0 Å². The quantitative estimate of drug-likeness (QED) is 0.371. The highest BCUT2D eigenvalue weighted by molar-refractivity contribution is 5.69. The Balaban J connectivity index is 3.63. The molecule has 0 aromatic rings. The Morgan fingerprint density at radius 2 is 2.13 bits per heavy atom. The molecule has 0 fully saturated rings. The van der Waals surface area contributed by atoms with Crippen molar-refractivity contribution in [3.63, 3.8) is 0 Å². The Bertz CT molecular complexity index is 217. The third-order valence-electron chi connectivity index (χ3n) is 1.84. The zero-order valence-corrected chi connectivity index (χ0v) is 9.53. The molecule has 0 aromatic heterocycles. The molecular weight excluding hydrogens is 194 g/mol. The summed E-state index contributed by atoms with van der Waals surface area (Å²) in [6.45, 7) is 4.77. The van der Waals surface area contributed by atoms with Gasteiger partial charge in [0.2, 0.25) is 0 Å². The van der Waals surface area contributed by atoms with Crippen LogP contribution in [0.2, 0.25) is 0 Å². The Labute approximate surface area is 91.0 Å². The largest absolute Gasteiger partial charge is 0.466 e. The van der Waals surface area contributed by atoms with Gasteiger partial charge in [-0.2, -0.15) is 0 Å². The maximum Gasteiger partial charge on any atom is 0.305 e. The molecule has 0 heterocycles. The molecule has 0 aliphatic rings. The van der Waals surface area contributed by atoms with Gasteiger partial charge in [-0.3, -0.25) is 4.79 Å². The SMILES string of the molecule is CCOC(=O)CCCN(N)/C=C(\N)CC. The van der Waals surface area contributed by atoms with E-state index in [0.717, 1.165) is 12.1 Å². The zero-order chi connectivity index (χ0) is 11.7. The smallest absolute Gasteiger partial charge is 0.305 e. The van der Waals surface area contributed by atoms with Gasteiger partial charge in [0.25, 0.3) is 0 Å². The third-order valence-corrected chi connectivity index (χ3v) is 1.84. The lowest BCUT2D eigenvalue weighted by molar-refractivity contribution is -0.143. The Morgan fingerprint density at radius 1 is 1.47 bits per heavy atom. The summed E-state index contributed by atoms with van der Waals surface area (Å²) in [5.74, 6) is 5.45. The van der Waals surface area contributed by atoms with Gasteiger partial charge in [0, 0.05) is 24.9 Å². The van der Waals surface area contributed by atoms with Crippen molar-refractivity contribution >= 4 is 5.97 Å². The van der Waals surface area contributed by atoms with Crippen molar-refractivity contribution in [3.05, 3.63) is 11.9 Å². The summed E-state index contributed by atoms with van der Waals surface area (Å²) in [6.07, 6.45) is 3.51. The first kappa shape index (κ1) is 13.8. The van der Waals surface area contributed by atoms with E-state index in [0.29, 0.717) is 26.0 Å². The molecule has 0 aliphatic carbocycles. The van der Waals surface area contributed by atoms with Crippen LogP contribution in [0.3, 0.4) is 0 Å². The van der Waals surface area contributed by atoms with Gasteiger partial charge in [-0.1, -0.05) is 6.92 Å². The summed E-state index contributed by atoms with van der Waals surface area (Å²) in [5, 5.41) is 1.50. The number of esters is 1. The second-order valence-corrected chi connectivity index (χ2v) is 3.20. The molecule has 0 bridgehead atoms.